The molecule has 112 valence electrons. The first-order chi connectivity index (χ1) is 9.76. The third kappa shape index (κ3) is 6.99. The molecule has 5 nitrogen and oxygen atoms in total. The van der Waals surface area contributed by atoms with Crippen LogP contribution in [0.2, 0.25) is 0 Å². The highest BCUT2D eigenvalue weighted by Crippen LogP contribution is 2.18. The fourth-order valence-electron chi connectivity index (χ4n) is 1.70. The van der Waals surface area contributed by atoms with Gasteiger partial charge in [0, 0.05) is 19.0 Å². The van der Waals surface area contributed by atoms with Gasteiger partial charge in [-0.3, -0.25) is 4.79 Å². The van der Waals surface area contributed by atoms with Crippen LogP contribution in [0.5, 0.6) is 11.5 Å². The van der Waals surface area contributed by atoms with Crippen molar-refractivity contribution in [3.05, 3.63) is 24.3 Å². The van der Waals surface area contributed by atoms with Crippen LogP contribution in [0.3, 0.4) is 0 Å². The highest BCUT2D eigenvalue weighted by Gasteiger charge is 2.00. The van der Waals surface area contributed by atoms with Gasteiger partial charge in [0.2, 0.25) is 5.91 Å². The van der Waals surface area contributed by atoms with E-state index in [1.165, 1.54) is 0 Å². The van der Waals surface area contributed by atoms with Crippen LogP contribution in [0.15, 0.2) is 24.3 Å². The summed E-state index contributed by atoms with van der Waals surface area (Å²) in [4.78, 5) is 11.4. The minimum absolute atomic E-state index is 0.0987. The predicted octanol–water partition coefficient (Wildman–Crippen LogP) is 1.58. The second kappa shape index (κ2) is 10.1. The highest BCUT2D eigenvalue weighted by atomic mass is 16.5. The summed E-state index contributed by atoms with van der Waals surface area (Å²) in [6.45, 7) is 2.08. The van der Waals surface area contributed by atoms with Gasteiger partial charge in [0.25, 0.3) is 0 Å². The van der Waals surface area contributed by atoms with Crippen molar-refractivity contribution in [1.82, 2.24) is 10.6 Å². The lowest BCUT2D eigenvalue weighted by atomic mass is 10.3. The number of hydrogen-bond acceptors (Lipinski definition) is 4. The molecular formula is C15H24N2O3. The molecular weight excluding hydrogens is 256 g/mol. The normalized spacial score (nSPS) is 10.1. The van der Waals surface area contributed by atoms with Gasteiger partial charge in [-0.25, -0.2) is 0 Å². The van der Waals surface area contributed by atoms with Crippen molar-refractivity contribution in [2.45, 2.75) is 19.3 Å². The van der Waals surface area contributed by atoms with E-state index < -0.39 is 0 Å². The van der Waals surface area contributed by atoms with Crippen LogP contribution in [0, 0.1) is 0 Å². The molecule has 0 spiro atoms. The zero-order valence-corrected chi connectivity index (χ0v) is 12.3. The second-order valence-electron chi connectivity index (χ2n) is 4.44. The molecule has 5 heteroatoms. The van der Waals surface area contributed by atoms with Crippen molar-refractivity contribution in [1.29, 1.82) is 0 Å². The van der Waals surface area contributed by atoms with Gasteiger partial charge < -0.3 is 20.1 Å². The van der Waals surface area contributed by atoms with Crippen LogP contribution in [0.4, 0.5) is 0 Å². The van der Waals surface area contributed by atoms with Crippen LogP contribution >= 0.6 is 0 Å². The molecule has 0 fully saturated rings. The monoisotopic (exact) mass is 280 g/mol. The molecule has 2 N–H and O–H groups in total. The summed E-state index contributed by atoms with van der Waals surface area (Å²) in [7, 11) is 3.51. The Morgan fingerprint density at radius 3 is 2.75 bits per heavy atom. The first-order valence-electron chi connectivity index (χ1n) is 6.94. The van der Waals surface area contributed by atoms with E-state index in [9.17, 15) is 4.79 Å². The van der Waals surface area contributed by atoms with E-state index in [1.54, 1.807) is 7.11 Å². The summed E-state index contributed by atoms with van der Waals surface area (Å²) >= 11 is 0. The second-order valence-corrected chi connectivity index (χ2v) is 4.44. The zero-order valence-electron chi connectivity index (χ0n) is 12.3. The first-order valence-corrected chi connectivity index (χ1v) is 6.94. The van der Waals surface area contributed by atoms with Gasteiger partial charge in [-0.2, -0.15) is 0 Å². The van der Waals surface area contributed by atoms with E-state index in [2.05, 4.69) is 10.6 Å². The van der Waals surface area contributed by atoms with Crippen molar-refractivity contribution in [2.24, 2.45) is 0 Å². The number of carbonyl (C=O) groups is 1. The summed E-state index contributed by atoms with van der Waals surface area (Å²) in [6, 6.07) is 7.49. The summed E-state index contributed by atoms with van der Waals surface area (Å²) in [5.74, 6) is 1.66. The summed E-state index contributed by atoms with van der Waals surface area (Å²) in [6.07, 6.45) is 2.22. The highest BCUT2D eigenvalue weighted by molar-refractivity contribution is 5.75. The van der Waals surface area contributed by atoms with Crippen LogP contribution in [-0.4, -0.2) is 39.8 Å². The lowest BCUT2D eigenvalue weighted by Crippen LogP contribution is -2.26. The molecule has 0 heterocycles. The Bertz CT molecular complexity index is 396. The van der Waals surface area contributed by atoms with Crippen molar-refractivity contribution in [3.63, 3.8) is 0 Å². The Hall–Kier alpha value is -1.75. The van der Waals surface area contributed by atoms with Gasteiger partial charge in [-0.1, -0.05) is 6.07 Å². The fraction of sp³-hybridized carbons (Fsp3) is 0.533. The quantitative estimate of drug-likeness (QED) is 0.639. The van der Waals surface area contributed by atoms with Crippen molar-refractivity contribution < 1.29 is 14.3 Å². The van der Waals surface area contributed by atoms with E-state index in [1.807, 2.05) is 31.3 Å². The first kappa shape index (κ1) is 16.3. The molecule has 0 atom stereocenters. The number of amides is 1. The minimum atomic E-state index is 0.0987. The van der Waals surface area contributed by atoms with E-state index in [4.69, 9.17) is 9.47 Å². The maximum absolute atomic E-state index is 11.4. The summed E-state index contributed by atoms with van der Waals surface area (Å²) in [5.41, 5.74) is 0. The van der Waals surface area contributed by atoms with Gasteiger partial charge in [0.05, 0.1) is 13.7 Å². The van der Waals surface area contributed by atoms with Gasteiger partial charge in [0.1, 0.15) is 11.5 Å². The average molecular weight is 280 g/mol. The van der Waals surface area contributed by atoms with E-state index in [-0.39, 0.29) is 5.91 Å². The maximum Gasteiger partial charge on any atom is 0.220 e. The van der Waals surface area contributed by atoms with Crippen LogP contribution in [-0.2, 0) is 4.79 Å². The number of rotatable bonds is 10. The summed E-state index contributed by atoms with van der Waals surface area (Å²) in [5, 5.41) is 5.90. The Morgan fingerprint density at radius 1 is 1.20 bits per heavy atom. The van der Waals surface area contributed by atoms with Crippen LogP contribution in [0.25, 0.3) is 0 Å². The minimum Gasteiger partial charge on any atom is -0.497 e. The topological polar surface area (TPSA) is 59.6 Å². The molecule has 0 radical (unpaired) electrons. The van der Waals surface area contributed by atoms with Gasteiger partial charge in [0.15, 0.2) is 0 Å². The Labute approximate surface area is 120 Å². The molecule has 0 aliphatic heterocycles. The number of carbonyl (C=O) groups excluding carboxylic acids is 1. The number of hydrogen-bond donors (Lipinski definition) is 2. The van der Waals surface area contributed by atoms with E-state index >= 15 is 0 Å². The molecule has 0 aliphatic carbocycles. The molecule has 1 amide bonds. The van der Waals surface area contributed by atoms with Gasteiger partial charge >= 0.3 is 0 Å². The molecule has 0 saturated carbocycles. The standard InChI is InChI=1S/C15H24N2O3/c1-16-9-4-8-15(18)17-10-5-11-20-14-7-3-6-13(12-14)19-2/h3,6-7,12,16H,4-5,8-11H2,1-2H3,(H,17,18). The largest absolute Gasteiger partial charge is 0.497 e. The molecule has 0 saturated heterocycles. The molecule has 1 rings (SSSR count). The molecule has 20 heavy (non-hydrogen) atoms. The maximum atomic E-state index is 11.4. The van der Waals surface area contributed by atoms with Gasteiger partial charge in [-0.05, 0) is 38.6 Å². The van der Waals surface area contributed by atoms with Crippen LogP contribution in [0.1, 0.15) is 19.3 Å². The van der Waals surface area contributed by atoms with Crippen molar-refractivity contribution >= 4 is 5.91 Å². The van der Waals surface area contributed by atoms with Crippen molar-refractivity contribution in [2.75, 3.05) is 33.9 Å². The smallest absolute Gasteiger partial charge is 0.220 e. The Kier molecular flexibility index (Phi) is 8.22. The lowest BCUT2D eigenvalue weighted by molar-refractivity contribution is -0.121. The number of benzene rings is 1. The third-order valence-corrected chi connectivity index (χ3v) is 2.78. The molecule has 0 bridgehead atoms. The predicted molar refractivity (Wildman–Crippen MR) is 79.3 cm³/mol. The zero-order chi connectivity index (χ0) is 14.6. The van der Waals surface area contributed by atoms with E-state index in [0.29, 0.717) is 19.6 Å². The molecule has 0 unspecified atom stereocenters. The third-order valence-electron chi connectivity index (χ3n) is 2.78. The Balaban J connectivity index is 2.08. The SMILES string of the molecule is CNCCCC(=O)NCCCOc1cccc(OC)c1. The number of methoxy groups -OCH3 is 1. The fourth-order valence-corrected chi connectivity index (χ4v) is 1.70. The Morgan fingerprint density at radius 2 is 2.00 bits per heavy atom. The lowest BCUT2D eigenvalue weighted by Gasteiger charge is -2.08. The van der Waals surface area contributed by atoms with Crippen molar-refractivity contribution in [3.8, 4) is 11.5 Å². The molecule has 1 aromatic carbocycles. The molecule has 1 aromatic rings. The van der Waals surface area contributed by atoms with Crippen LogP contribution < -0.4 is 20.1 Å². The summed E-state index contributed by atoms with van der Waals surface area (Å²) < 4.78 is 10.7. The molecule has 0 aromatic heterocycles. The molecule has 0 aliphatic rings. The number of nitrogens with one attached hydrogen (secondary N) is 2. The van der Waals surface area contributed by atoms with E-state index in [0.717, 1.165) is 30.9 Å². The average Bonchev–Trinajstić information content (AvgIpc) is 2.47. The van der Waals surface area contributed by atoms with Gasteiger partial charge in [-0.15, -0.1) is 0 Å². The number of ether oxygens (including phenoxy) is 2.